The molecule has 0 spiro atoms. The molecule has 0 saturated heterocycles. The maximum Gasteiger partial charge on any atom is 0.312 e. The van der Waals surface area contributed by atoms with E-state index < -0.39 is 5.79 Å². The highest BCUT2D eigenvalue weighted by Crippen LogP contribution is 2.44. The lowest BCUT2D eigenvalue weighted by molar-refractivity contribution is -0.202. The van der Waals surface area contributed by atoms with E-state index in [1.807, 2.05) is 13.0 Å². The van der Waals surface area contributed by atoms with E-state index in [0.717, 1.165) is 12.8 Å². The monoisotopic (exact) mass is 220 g/mol. The first-order valence-electron chi connectivity index (χ1n) is 5.90. The van der Waals surface area contributed by atoms with E-state index in [4.69, 9.17) is 9.47 Å². The van der Waals surface area contributed by atoms with E-state index in [2.05, 4.69) is 12.2 Å². The zero-order valence-electron chi connectivity index (χ0n) is 9.39. The summed E-state index contributed by atoms with van der Waals surface area (Å²) in [5.41, 5.74) is 0. The minimum atomic E-state index is -0.761. The van der Waals surface area contributed by atoms with Crippen LogP contribution in [0.3, 0.4) is 0 Å². The fraction of sp³-hybridized carbons (Fsp3) is 0.615. The molecule has 4 atom stereocenters. The predicted molar refractivity (Wildman–Crippen MR) is 58.2 cm³/mol. The van der Waals surface area contributed by atoms with Crippen LogP contribution in [-0.4, -0.2) is 11.8 Å². The van der Waals surface area contributed by atoms with Crippen molar-refractivity contribution in [1.82, 2.24) is 0 Å². The standard InChI is InChI=1S/C13H16O3/c1-13(5-2-6-15-13)16-12(14)11-8-9-3-4-10(11)7-9/h2-4,6,9-11H,5,7-8H2,1H3/t9-,10-,11-,13+/m0/s1. The lowest BCUT2D eigenvalue weighted by atomic mass is 9.94. The first-order valence-corrected chi connectivity index (χ1v) is 5.90. The van der Waals surface area contributed by atoms with Crippen LogP contribution >= 0.6 is 0 Å². The molecule has 0 aromatic carbocycles. The van der Waals surface area contributed by atoms with Crippen LogP contribution in [0.4, 0.5) is 0 Å². The van der Waals surface area contributed by atoms with E-state index in [0.29, 0.717) is 18.3 Å². The lowest BCUT2D eigenvalue weighted by Crippen LogP contribution is -2.34. The van der Waals surface area contributed by atoms with Crippen LogP contribution in [0.1, 0.15) is 26.2 Å². The number of fused-ring (bicyclic) bond motifs is 2. The molecule has 2 bridgehead atoms. The van der Waals surface area contributed by atoms with E-state index in [-0.39, 0.29) is 11.9 Å². The van der Waals surface area contributed by atoms with Crippen molar-refractivity contribution in [2.45, 2.75) is 32.0 Å². The number of hydrogen-bond donors (Lipinski definition) is 0. The number of carbonyl (C=O) groups is 1. The third-order valence-corrected chi connectivity index (χ3v) is 3.80. The number of allylic oxidation sites excluding steroid dienone is 2. The molecule has 1 fully saturated rings. The molecule has 1 aliphatic heterocycles. The van der Waals surface area contributed by atoms with E-state index in [1.54, 1.807) is 6.26 Å². The second-order valence-electron chi connectivity index (χ2n) is 5.14. The zero-order chi connectivity index (χ0) is 11.2. The van der Waals surface area contributed by atoms with Crippen molar-refractivity contribution >= 4 is 5.97 Å². The van der Waals surface area contributed by atoms with Crippen LogP contribution in [0.5, 0.6) is 0 Å². The van der Waals surface area contributed by atoms with Gasteiger partial charge >= 0.3 is 5.97 Å². The highest BCUT2D eigenvalue weighted by atomic mass is 16.7. The first-order chi connectivity index (χ1) is 7.66. The van der Waals surface area contributed by atoms with Crippen molar-refractivity contribution < 1.29 is 14.3 Å². The SMILES string of the molecule is C[C@@]1(OC(=O)[C@H]2C[C@H]3C=C[C@H]2C3)CC=CO1. The van der Waals surface area contributed by atoms with Gasteiger partial charge < -0.3 is 9.47 Å². The Labute approximate surface area is 95.1 Å². The summed E-state index contributed by atoms with van der Waals surface area (Å²) >= 11 is 0. The van der Waals surface area contributed by atoms with Crippen molar-refractivity contribution in [3.63, 3.8) is 0 Å². The molecule has 3 rings (SSSR count). The van der Waals surface area contributed by atoms with Gasteiger partial charge in [-0.15, -0.1) is 0 Å². The fourth-order valence-corrected chi connectivity index (χ4v) is 2.91. The van der Waals surface area contributed by atoms with Crippen molar-refractivity contribution in [3.8, 4) is 0 Å². The van der Waals surface area contributed by atoms with Gasteiger partial charge in [0.05, 0.1) is 12.2 Å². The van der Waals surface area contributed by atoms with Crippen molar-refractivity contribution in [2.75, 3.05) is 0 Å². The van der Waals surface area contributed by atoms with Crippen LogP contribution in [0.2, 0.25) is 0 Å². The molecular formula is C13H16O3. The predicted octanol–water partition coefficient (Wildman–Crippen LogP) is 2.39. The van der Waals surface area contributed by atoms with Crippen LogP contribution in [0.15, 0.2) is 24.5 Å². The summed E-state index contributed by atoms with van der Waals surface area (Å²) in [6.45, 7) is 1.81. The van der Waals surface area contributed by atoms with Gasteiger partial charge in [0.25, 0.3) is 5.79 Å². The van der Waals surface area contributed by atoms with Crippen LogP contribution in [-0.2, 0) is 14.3 Å². The van der Waals surface area contributed by atoms with Gasteiger partial charge in [-0.05, 0) is 30.8 Å². The molecule has 0 radical (unpaired) electrons. The molecule has 0 aromatic rings. The van der Waals surface area contributed by atoms with Gasteiger partial charge in [-0.2, -0.15) is 0 Å². The molecule has 0 aromatic heterocycles. The maximum absolute atomic E-state index is 12.0. The highest BCUT2D eigenvalue weighted by molar-refractivity contribution is 5.74. The minimum absolute atomic E-state index is 0.0519. The van der Waals surface area contributed by atoms with Gasteiger partial charge in [0.15, 0.2) is 0 Å². The molecule has 2 aliphatic carbocycles. The summed E-state index contributed by atoms with van der Waals surface area (Å²) in [4.78, 5) is 12.0. The van der Waals surface area contributed by atoms with E-state index in [1.165, 1.54) is 0 Å². The minimum Gasteiger partial charge on any atom is -0.460 e. The van der Waals surface area contributed by atoms with Gasteiger partial charge in [0.2, 0.25) is 0 Å². The Morgan fingerprint density at radius 1 is 1.44 bits per heavy atom. The molecular weight excluding hydrogens is 204 g/mol. The van der Waals surface area contributed by atoms with Crippen molar-refractivity contribution in [1.29, 1.82) is 0 Å². The molecule has 3 aliphatic rings. The van der Waals surface area contributed by atoms with E-state index >= 15 is 0 Å². The topological polar surface area (TPSA) is 35.5 Å². The molecule has 3 nitrogen and oxygen atoms in total. The lowest BCUT2D eigenvalue weighted by Gasteiger charge is -2.27. The highest BCUT2D eigenvalue weighted by Gasteiger charge is 2.43. The van der Waals surface area contributed by atoms with Crippen molar-refractivity contribution in [3.05, 3.63) is 24.5 Å². The first kappa shape index (κ1) is 9.94. The molecule has 16 heavy (non-hydrogen) atoms. The molecule has 1 heterocycles. The van der Waals surface area contributed by atoms with Crippen LogP contribution in [0, 0.1) is 17.8 Å². The van der Waals surface area contributed by atoms with Gasteiger partial charge in [-0.1, -0.05) is 12.2 Å². The van der Waals surface area contributed by atoms with E-state index in [9.17, 15) is 4.79 Å². The Morgan fingerprint density at radius 2 is 2.31 bits per heavy atom. The van der Waals surface area contributed by atoms with Crippen LogP contribution < -0.4 is 0 Å². The number of carbonyl (C=O) groups excluding carboxylic acids is 1. The quantitative estimate of drug-likeness (QED) is 0.529. The van der Waals surface area contributed by atoms with Gasteiger partial charge in [0.1, 0.15) is 0 Å². The summed E-state index contributed by atoms with van der Waals surface area (Å²) in [7, 11) is 0. The maximum atomic E-state index is 12.0. The number of rotatable bonds is 2. The molecule has 86 valence electrons. The Bertz CT molecular complexity index is 361. The molecule has 3 heteroatoms. The average Bonchev–Trinajstić information content (AvgIpc) is 2.92. The molecule has 0 amide bonds. The summed E-state index contributed by atoms with van der Waals surface area (Å²) in [6, 6.07) is 0. The zero-order valence-corrected chi connectivity index (χ0v) is 9.39. The second-order valence-corrected chi connectivity index (χ2v) is 5.14. The summed E-state index contributed by atoms with van der Waals surface area (Å²) in [5, 5.41) is 0. The Hall–Kier alpha value is -1.25. The summed E-state index contributed by atoms with van der Waals surface area (Å²) in [6.07, 6.45) is 10.6. The average molecular weight is 220 g/mol. The third kappa shape index (κ3) is 1.55. The number of ether oxygens (including phenoxy) is 2. The Balaban J connectivity index is 1.64. The molecule has 0 unspecified atom stereocenters. The normalized spacial score (nSPS) is 43.7. The summed E-state index contributed by atoms with van der Waals surface area (Å²) in [5.74, 6) is 0.190. The van der Waals surface area contributed by atoms with Crippen molar-refractivity contribution in [2.24, 2.45) is 17.8 Å². The molecule has 0 N–H and O–H groups in total. The van der Waals surface area contributed by atoms with Gasteiger partial charge in [0, 0.05) is 13.3 Å². The summed E-state index contributed by atoms with van der Waals surface area (Å²) < 4.78 is 10.8. The Morgan fingerprint density at radius 3 is 2.88 bits per heavy atom. The fourth-order valence-electron chi connectivity index (χ4n) is 2.91. The largest absolute Gasteiger partial charge is 0.460 e. The van der Waals surface area contributed by atoms with Gasteiger partial charge in [-0.3, -0.25) is 4.79 Å². The number of hydrogen-bond acceptors (Lipinski definition) is 3. The van der Waals surface area contributed by atoms with Crippen LogP contribution in [0.25, 0.3) is 0 Å². The molecule has 1 saturated carbocycles. The van der Waals surface area contributed by atoms with Gasteiger partial charge in [-0.25, -0.2) is 0 Å². The smallest absolute Gasteiger partial charge is 0.312 e. The third-order valence-electron chi connectivity index (χ3n) is 3.80. The Kier molecular flexibility index (Phi) is 2.09. The number of esters is 1. The second kappa shape index (κ2) is 3.37.